The van der Waals surface area contributed by atoms with E-state index in [2.05, 4.69) is 22.8 Å². The fourth-order valence-electron chi connectivity index (χ4n) is 1.51. The summed E-state index contributed by atoms with van der Waals surface area (Å²) < 4.78 is 0. The molecule has 2 nitrogen and oxygen atoms in total. The van der Waals surface area contributed by atoms with E-state index in [1.165, 1.54) is 10.4 Å². The molecule has 1 aromatic carbocycles. The van der Waals surface area contributed by atoms with Crippen LogP contribution in [0.15, 0.2) is 41.8 Å². The van der Waals surface area contributed by atoms with E-state index < -0.39 is 0 Å². The van der Waals surface area contributed by atoms with Gasteiger partial charge < -0.3 is 10.4 Å². The fourth-order valence-corrected chi connectivity index (χ4v) is 2.22. The Morgan fingerprint density at radius 3 is 2.62 bits per heavy atom. The zero-order valence-electron chi connectivity index (χ0n) is 9.02. The molecule has 84 valence electrons. The Balaban J connectivity index is 1.70. The summed E-state index contributed by atoms with van der Waals surface area (Å²) in [4.78, 5) is 1.42. The van der Waals surface area contributed by atoms with Crippen LogP contribution in [-0.4, -0.2) is 11.7 Å². The van der Waals surface area contributed by atoms with Crippen LogP contribution in [0, 0.1) is 0 Å². The molecule has 0 fully saturated rings. The molecule has 3 heteroatoms. The average molecular weight is 233 g/mol. The minimum atomic E-state index is 0.322. The van der Waals surface area contributed by atoms with Gasteiger partial charge in [-0.1, -0.05) is 18.2 Å². The van der Waals surface area contributed by atoms with Gasteiger partial charge in [-0.15, -0.1) is 11.3 Å². The van der Waals surface area contributed by atoms with Gasteiger partial charge in [-0.05, 0) is 35.6 Å². The van der Waals surface area contributed by atoms with E-state index in [0.717, 1.165) is 19.5 Å². The Hall–Kier alpha value is -1.32. The standard InChI is InChI=1S/C13H15NOS/c15-12-5-3-11(4-6-12)10-14-8-7-13-2-1-9-16-13/h1-6,9,14-15H,7-8,10H2. The van der Waals surface area contributed by atoms with E-state index in [0.29, 0.717) is 5.75 Å². The first-order chi connectivity index (χ1) is 7.84. The monoisotopic (exact) mass is 233 g/mol. The van der Waals surface area contributed by atoms with Gasteiger partial charge in [-0.2, -0.15) is 0 Å². The molecule has 2 N–H and O–H groups in total. The Labute approximate surface area is 99.6 Å². The molecule has 0 radical (unpaired) electrons. The predicted octanol–water partition coefficient (Wildman–Crippen LogP) is 2.79. The SMILES string of the molecule is Oc1ccc(CNCCc2cccs2)cc1. The zero-order valence-corrected chi connectivity index (χ0v) is 9.83. The number of phenols is 1. The maximum atomic E-state index is 9.13. The van der Waals surface area contributed by atoms with E-state index in [9.17, 15) is 0 Å². The number of phenolic OH excluding ortho intramolecular Hbond substituents is 1. The minimum absolute atomic E-state index is 0.322. The lowest BCUT2D eigenvalue weighted by Gasteiger charge is -2.04. The highest BCUT2D eigenvalue weighted by atomic mass is 32.1. The van der Waals surface area contributed by atoms with Crippen LogP contribution in [0.1, 0.15) is 10.4 Å². The van der Waals surface area contributed by atoms with Gasteiger partial charge in [0.2, 0.25) is 0 Å². The quantitative estimate of drug-likeness (QED) is 0.778. The number of thiophene rings is 1. The highest BCUT2D eigenvalue weighted by Gasteiger charge is 1.95. The molecule has 0 saturated heterocycles. The molecule has 0 aliphatic heterocycles. The molecule has 2 aromatic rings. The van der Waals surface area contributed by atoms with E-state index in [1.54, 1.807) is 23.5 Å². The highest BCUT2D eigenvalue weighted by Crippen LogP contribution is 2.10. The molecule has 0 bridgehead atoms. The largest absolute Gasteiger partial charge is 0.508 e. The molecule has 2 rings (SSSR count). The predicted molar refractivity (Wildman–Crippen MR) is 67.8 cm³/mol. The van der Waals surface area contributed by atoms with Crippen molar-refractivity contribution in [2.75, 3.05) is 6.54 Å². The van der Waals surface area contributed by atoms with Crippen molar-refractivity contribution in [1.29, 1.82) is 0 Å². The Kier molecular flexibility index (Phi) is 3.97. The maximum absolute atomic E-state index is 9.13. The third kappa shape index (κ3) is 3.36. The van der Waals surface area contributed by atoms with Crippen molar-refractivity contribution in [3.8, 4) is 5.75 Å². The summed E-state index contributed by atoms with van der Waals surface area (Å²) >= 11 is 1.80. The van der Waals surface area contributed by atoms with Crippen LogP contribution in [-0.2, 0) is 13.0 Å². The van der Waals surface area contributed by atoms with Crippen molar-refractivity contribution in [3.63, 3.8) is 0 Å². The first kappa shape index (κ1) is 11.2. The van der Waals surface area contributed by atoms with Crippen molar-refractivity contribution >= 4 is 11.3 Å². The molecule has 0 saturated carbocycles. The van der Waals surface area contributed by atoms with Gasteiger partial charge in [-0.3, -0.25) is 0 Å². The number of benzene rings is 1. The van der Waals surface area contributed by atoms with Crippen LogP contribution in [0.5, 0.6) is 5.75 Å². The lowest BCUT2D eigenvalue weighted by molar-refractivity contribution is 0.475. The van der Waals surface area contributed by atoms with E-state index >= 15 is 0 Å². The summed E-state index contributed by atoms with van der Waals surface area (Å²) in [6.45, 7) is 1.84. The zero-order chi connectivity index (χ0) is 11.2. The number of hydrogen-bond acceptors (Lipinski definition) is 3. The van der Waals surface area contributed by atoms with Gasteiger partial charge in [0.05, 0.1) is 0 Å². The van der Waals surface area contributed by atoms with Gasteiger partial charge in [-0.25, -0.2) is 0 Å². The molecule has 0 spiro atoms. The molecule has 0 atom stereocenters. The van der Waals surface area contributed by atoms with Crippen LogP contribution in [0.25, 0.3) is 0 Å². The van der Waals surface area contributed by atoms with E-state index in [-0.39, 0.29) is 0 Å². The second-order valence-corrected chi connectivity index (χ2v) is 4.70. The normalized spacial score (nSPS) is 10.5. The highest BCUT2D eigenvalue weighted by molar-refractivity contribution is 7.09. The van der Waals surface area contributed by atoms with Gasteiger partial charge in [0.25, 0.3) is 0 Å². The van der Waals surface area contributed by atoms with Gasteiger partial charge in [0, 0.05) is 18.0 Å². The van der Waals surface area contributed by atoms with Gasteiger partial charge >= 0.3 is 0 Å². The van der Waals surface area contributed by atoms with Crippen LogP contribution in [0.4, 0.5) is 0 Å². The Morgan fingerprint density at radius 1 is 1.12 bits per heavy atom. The Morgan fingerprint density at radius 2 is 1.94 bits per heavy atom. The molecular weight excluding hydrogens is 218 g/mol. The summed E-state index contributed by atoms with van der Waals surface area (Å²) in [6.07, 6.45) is 1.08. The summed E-state index contributed by atoms with van der Waals surface area (Å²) in [7, 11) is 0. The van der Waals surface area contributed by atoms with E-state index in [4.69, 9.17) is 5.11 Å². The second-order valence-electron chi connectivity index (χ2n) is 3.67. The van der Waals surface area contributed by atoms with Crippen molar-refractivity contribution in [2.45, 2.75) is 13.0 Å². The van der Waals surface area contributed by atoms with Gasteiger partial charge in [0.1, 0.15) is 5.75 Å². The molecule has 0 amide bonds. The minimum Gasteiger partial charge on any atom is -0.508 e. The molecule has 1 aromatic heterocycles. The summed E-state index contributed by atoms with van der Waals surface area (Å²) in [5, 5.41) is 14.6. The lowest BCUT2D eigenvalue weighted by Crippen LogP contribution is -2.16. The number of hydrogen-bond donors (Lipinski definition) is 2. The average Bonchev–Trinajstić information content (AvgIpc) is 2.80. The van der Waals surface area contributed by atoms with Crippen molar-refractivity contribution in [2.24, 2.45) is 0 Å². The third-order valence-corrected chi connectivity index (χ3v) is 3.33. The molecule has 16 heavy (non-hydrogen) atoms. The van der Waals surface area contributed by atoms with Crippen molar-refractivity contribution < 1.29 is 5.11 Å². The molecule has 1 heterocycles. The Bertz CT molecular complexity index is 408. The first-order valence-electron chi connectivity index (χ1n) is 5.35. The number of rotatable bonds is 5. The summed E-state index contributed by atoms with van der Waals surface area (Å²) in [5.41, 5.74) is 1.20. The summed E-state index contributed by atoms with van der Waals surface area (Å²) in [6, 6.07) is 11.6. The van der Waals surface area contributed by atoms with Crippen LogP contribution in [0.3, 0.4) is 0 Å². The van der Waals surface area contributed by atoms with Crippen LogP contribution >= 0.6 is 11.3 Å². The number of aromatic hydroxyl groups is 1. The van der Waals surface area contributed by atoms with Gasteiger partial charge in [0.15, 0.2) is 0 Å². The van der Waals surface area contributed by atoms with E-state index in [1.807, 2.05) is 12.1 Å². The lowest BCUT2D eigenvalue weighted by atomic mass is 10.2. The topological polar surface area (TPSA) is 32.3 Å². The summed E-state index contributed by atoms with van der Waals surface area (Å²) in [5.74, 6) is 0.322. The molecule has 0 aliphatic rings. The van der Waals surface area contributed by atoms with Crippen LogP contribution in [0.2, 0.25) is 0 Å². The molecule has 0 unspecified atom stereocenters. The van der Waals surface area contributed by atoms with Crippen molar-refractivity contribution in [1.82, 2.24) is 5.32 Å². The molecule has 0 aliphatic carbocycles. The van der Waals surface area contributed by atoms with Crippen LogP contribution < -0.4 is 5.32 Å². The third-order valence-electron chi connectivity index (χ3n) is 2.39. The molecular formula is C13H15NOS. The second kappa shape index (κ2) is 5.68. The van der Waals surface area contributed by atoms with Crippen molar-refractivity contribution in [3.05, 3.63) is 52.2 Å². The first-order valence-corrected chi connectivity index (χ1v) is 6.23. The number of nitrogens with one attached hydrogen (secondary N) is 1. The fraction of sp³-hybridized carbons (Fsp3) is 0.231. The smallest absolute Gasteiger partial charge is 0.115 e. The maximum Gasteiger partial charge on any atom is 0.115 e.